The largest absolute Gasteiger partial charge is 0.507 e. The number of hydrogen-bond donors (Lipinski definition) is 2. The highest BCUT2D eigenvalue weighted by atomic mass is 79.9. The quantitative estimate of drug-likeness (QED) is 0.454. The van der Waals surface area contributed by atoms with Gasteiger partial charge in [-0.2, -0.15) is 5.10 Å². The third kappa shape index (κ3) is 3.45. The van der Waals surface area contributed by atoms with Gasteiger partial charge in [0.1, 0.15) is 5.75 Å². The zero-order valence-corrected chi connectivity index (χ0v) is 16.6. The summed E-state index contributed by atoms with van der Waals surface area (Å²) in [6.07, 6.45) is 2.32. The van der Waals surface area contributed by atoms with E-state index in [0.29, 0.717) is 4.47 Å². The second-order valence-corrected chi connectivity index (χ2v) is 7.76. The number of hydrazone groups is 1. The van der Waals surface area contributed by atoms with E-state index in [4.69, 9.17) is 0 Å². The molecule has 3 aromatic carbocycles. The van der Waals surface area contributed by atoms with Crippen molar-refractivity contribution in [1.29, 1.82) is 0 Å². The minimum Gasteiger partial charge on any atom is -0.507 e. The summed E-state index contributed by atoms with van der Waals surface area (Å²) in [5.74, 6) is -0.0996. The van der Waals surface area contributed by atoms with Crippen LogP contribution in [-0.2, 0) is 10.2 Å². The highest BCUT2D eigenvalue weighted by Gasteiger charge is 2.60. The molecule has 3 aromatic rings. The summed E-state index contributed by atoms with van der Waals surface area (Å²) in [5.41, 5.74) is 5.44. The van der Waals surface area contributed by atoms with Gasteiger partial charge in [0.25, 0.3) is 0 Å². The van der Waals surface area contributed by atoms with Gasteiger partial charge in [-0.3, -0.25) is 4.79 Å². The Hall–Kier alpha value is -2.92. The smallest absolute Gasteiger partial charge is 0.244 e. The first-order valence-electron chi connectivity index (χ1n) is 9.04. The van der Waals surface area contributed by atoms with Crippen LogP contribution in [-0.4, -0.2) is 17.2 Å². The molecule has 1 fully saturated rings. The number of nitrogens with one attached hydrogen (secondary N) is 1. The average molecular weight is 435 g/mol. The maximum absolute atomic E-state index is 12.8. The third-order valence-electron chi connectivity index (χ3n) is 5.22. The van der Waals surface area contributed by atoms with Crippen LogP contribution >= 0.6 is 15.9 Å². The predicted molar refractivity (Wildman–Crippen MR) is 113 cm³/mol. The summed E-state index contributed by atoms with van der Waals surface area (Å²) in [6, 6.07) is 25.4. The Labute approximate surface area is 172 Å². The van der Waals surface area contributed by atoms with Crippen LogP contribution in [0.1, 0.15) is 23.1 Å². The summed E-state index contributed by atoms with van der Waals surface area (Å²) in [6.45, 7) is 0. The normalized spacial score (nSPS) is 17.4. The second kappa shape index (κ2) is 7.60. The molecule has 0 bridgehead atoms. The van der Waals surface area contributed by atoms with Gasteiger partial charge in [-0.25, -0.2) is 5.43 Å². The first-order chi connectivity index (χ1) is 13.6. The molecule has 0 radical (unpaired) electrons. The van der Waals surface area contributed by atoms with Crippen molar-refractivity contribution in [2.75, 3.05) is 0 Å². The minimum absolute atomic E-state index is 0.0956. The Morgan fingerprint density at radius 3 is 2.21 bits per heavy atom. The van der Waals surface area contributed by atoms with Crippen LogP contribution in [0.15, 0.2) is 88.4 Å². The molecule has 1 aliphatic carbocycles. The molecule has 1 aliphatic rings. The molecule has 140 valence electrons. The lowest BCUT2D eigenvalue weighted by molar-refractivity contribution is -0.122. The molecular weight excluding hydrogens is 416 g/mol. The van der Waals surface area contributed by atoms with Gasteiger partial charge in [0, 0.05) is 5.41 Å². The molecule has 5 heteroatoms. The maximum atomic E-state index is 12.8. The zero-order valence-electron chi connectivity index (χ0n) is 15.0. The highest BCUT2D eigenvalue weighted by molar-refractivity contribution is 9.10. The molecule has 0 saturated heterocycles. The van der Waals surface area contributed by atoms with Crippen LogP contribution in [0.2, 0.25) is 0 Å². The molecule has 4 nitrogen and oxygen atoms in total. The number of amides is 1. The SMILES string of the molecule is O=C(NN=Cc1ccc(O)c(Br)c1)C1CC1(c1ccccc1)c1ccccc1. The number of halogens is 1. The lowest BCUT2D eigenvalue weighted by Gasteiger charge is -2.18. The topological polar surface area (TPSA) is 61.7 Å². The molecule has 1 amide bonds. The monoisotopic (exact) mass is 434 g/mol. The van der Waals surface area contributed by atoms with Crippen molar-refractivity contribution < 1.29 is 9.90 Å². The summed E-state index contributed by atoms with van der Waals surface area (Å²) in [4.78, 5) is 12.8. The van der Waals surface area contributed by atoms with Crippen molar-refractivity contribution in [1.82, 2.24) is 5.43 Å². The molecule has 0 heterocycles. The Morgan fingerprint density at radius 1 is 1.04 bits per heavy atom. The number of benzene rings is 3. The molecule has 1 atom stereocenters. The molecule has 4 rings (SSSR count). The first-order valence-corrected chi connectivity index (χ1v) is 9.83. The van der Waals surface area contributed by atoms with Crippen LogP contribution in [0, 0.1) is 5.92 Å². The predicted octanol–water partition coefficient (Wildman–Crippen LogP) is 4.61. The van der Waals surface area contributed by atoms with Gasteiger partial charge >= 0.3 is 0 Å². The van der Waals surface area contributed by atoms with E-state index in [0.717, 1.165) is 23.1 Å². The number of rotatable bonds is 5. The standard InChI is InChI=1S/C23H19BrN2O2/c24-20-13-16(11-12-21(20)27)15-25-26-22(28)19-14-23(19,17-7-3-1-4-8-17)18-9-5-2-6-10-18/h1-13,15,19,27H,14H2,(H,26,28). The summed E-state index contributed by atoms with van der Waals surface area (Å²) in [5, 5.41) is 13.7. The average Bonchev–Trinajstić information content (AvgIpc) is 3.49. The van der Waals surface area contributed by atoms with Crippen molar-refractivity contribution in [2.45, 2.75) is 11.8 Å². The van der Waals surface area contributed by atoms with Gasteiger partial charge in [-0.15, -0.1) is 0 Å². The van der Waals surface area contributed by atoms with Crippen molar-refractivity contribution in [3.8, 4) is 5.75 Å². The third-order valence-corrected chi connectivity index (χ3v) is 5.85. The van der Waals surface area contributed by atoms with E-state index in [9.17, 15) is 9.90 Å². The van der Waals surface area contributed by atoms with Gasteiger partial charge in [-0.1, -0.05) is 60.7 Å². The van der Waals surface area contributed by atoms with Gasteiger partial charge in [-0.05, 0) is 57.2 Å². The van der Waals surface area contributed by atoms with Crippen LogP contribution in [0.25, 0.3) is 0 Å². The van der Waals surface area contributed by atoms with Gasteiger partial charge in [0.2, 0.25) is 5.91 Å². The van der Waals surface area contributed by atoms with E-state index in [1.54, 1.807) is 24.4 Å². The Morgan fingerprint density at radius 2 is 1.64 bits per heavy atom. The minimum atomic E-state index is -0.302. The van der Waals surface area contributed by atoms with Crippen LogP contribution in [0.4, 0.5) is 0 Å². The van der Waals surface area contributed by atoms with Crippen molar-refractivity contribution in [3.63, 3.8) is 0 Å². The highest BCUT2D eigenvalue weighted by Crippen LogP contribution is 2.58. The summed E-state index contributed by atoms with van der Waals surface area (Å²) < 4.78 is 0.581. The maximum Gasteiger partial charge on any atom is 0.244 e. The van der Waals surface area contributed by atoms with Gasteiger partial charge < -0.3 is 5.11 Å². The molecular formula is C23H19BrN2O2. The zero-order chi connectivity index (χ0) is 19.6. The summed E-state index contributed by atoms with van der Waals surface area (Å²) >= 11 is 3.27. The van der Waals surface area contributed by atoms with E-state index in [-0.39, 0.29) is 23.0 Å². The molecule has 1 saturated carbocycles. The van der Waals surface area contributed by atoms with Crippen molar-refractivity contribution in [3.05, 3.63) is 100 Å². The van der Waals surface area contributed by atoms with E-state index in [1.165, 1.54) is 0 Å². The molecule has 28 heavy (non-hydrogen) atoms. The van der Waals surface area contributed by atoms with Crippen LogP contribution in [0.5, 0.6) is 5.75 Å². The van der Waals surface area contributed by atoms with E-state index >= 15 is 0 Å². The number of carbonyl (C=O) groups is 1. The van der Waals surface area contributed by atoms with Crippen molar-refractivity contribution >= 4 is 28.1 Å². The van der Waals surface area contributed by atoms with Crippen LogP contribution in [0.3, 0.4) is 0 Å². The van der Waals surface area contributed by atoms with E-state index in [1.807, 2.05) is 36.4 Å². The van der Waals surface area contributed by atoms with E-state index < -0.39 is 0 Å². The molecule has 1 unspecified atom stereocenters. The van der Waals surface area contributed by atoms with Gasteiger partial charge in [0.15, 0.2) is 0 Å². The summed E-state index contributed by atoms with van der Waals surface area (Å²) in [7, 11) is 0. The Bertz CT molecular complexity index is 980. The lowest BCUT2D eigenvalue weighted by atomic mass is 9.85. The fourth-order valence-corrected chi connectivity index (χ4v) is 4.10. The van der Waals surface area contributed by atoms with Crippen molar-refractivity contribution in [2.24, 2.45) is 11.0 Å². The second-order valence-electron chi connectivity index (χ2n) is 6.91. The number of phenolic OH excluding ortho intramolecular Hbond substituents is 1. The number of carbonyl (C=O) groups excluding carboxylic acids is 1. The van der Waals surface area contributed by atoms with E-state index in [2.05, 4.69) is 50.7 Å². The molecule has 0 aliphatic heterocycles. The molecule has 0 aromatic heterocycles. The lowest BCUT2D eigenvalue weighted by Crippen LogP contribution is -2.25. The molecule has 2 N–H and O–H groups in total. The Balaban J connectivity index is 1.53. The van der Waals surface area contributed by atoms with Crippen LogP contribution < -0.4 is 5.43 Å². The first kappa shape index (κ1) is 18.4. The number of phenols is 1. The number of nitrogens with zero attached hydrogens (tertiary/aromatic N) is 1. The fourth-order valence-electron chi connectivity index (χ4n) is 3.71. The fraction of sp³-hybridized carbons (Fsp3) is 0.130. The molecule has 0 spiro atoms. The number of hydrogen-bond acceptors (Lipinski definition) is 3. The Kier molecular flexibility index (Phi) is 5.01. The van der Waals surface area contributed by atoms with Gasteiger partial charge in [0.05, 0.1) is 16.6 Å². The number of aromatic hydroxyl groups is 1.